The first-order valence-corrected chi connectivity index (χ1v) is 7.88. The number of carbonyl (C=O) groups is 2. The molecule has 0 fully saturated rings. The number of carboxylic acids is 1. The smallest absolute Gasteiger partial charge is 0.326 e. The SMILES string of the molecule is CC(C)(C)[C@@H](NC(=O)CSc1ccc(Br)cc1)C(=O)O. The van der Waals surface area contributed by atoms with Gasteiger partial charge in [0.15, 0.2) is 0 Å². The first-order chi connectivity index (χ1) is 9.20. The van der Waals surface area contributed by atoms with Gasteiger partial charge in [0.1, 0.15) is 6.04 Å². The van der Waals surface area contributed by atoms with Crippen molar-refractivity contribution in [1.82, 2.24) is 5.32 Å². The van der Waals surface area contributed by atoms with Crippen molar-refractivity contribution in [2.45, 2.75) is 31.7 Å². The number of carboxylic acid groups (broad SMARTS) is 1. The molecule has 4 nitrogen and oxygen atoms in total. The molecule has 0 radical (unpaired) electrons. The Morgan fingerprint density at radius 1 is 1.30 bits per heavy atom. The third-order valence-electron chi connectivity index (χ3n) is 2.60. The van der Waals surface area contributed by atoms with E-state index in [0.717, 1.165) is 9.37 Å². The van der Waals surface area contributed by atoms with E-state index in [1.807, 2.05) is 24.3 Å². The summed E-state index contributed by atoms with van der Waals surface area (Å²) < 4.78 is 0.977. The Kier molecular flexibility index (Phi) is 6.07. The van der Waals surface area contributed by atoms with Crippen LogP contribution in [0.25, 0.3) is 0 Å². The zero-order valence-corrected chi connectivity index (χ0v) is 14.0. The highest BCUT2D eigenvalue weighted by Gasteiger charge is 2.32. The maximum Gasteiger partial charge on any atom is 0.326 e. The number of hydrogen-bond acceptors (Lipinski definition) is 3. The minimum absolute atomic E-state index is 0.196. The lowest BCUT2D eigenvalue weighted by Crippen LogP contribution is -2.49. The summed E-state index contributed by atoms with van der Waals surface area (Å²) in [6, 6.07) is 6.71. The third kappa shape index (κ3) is 5.54. The fourth-order valence-electron chi connectivity index (χ4n) is 1.53. The van der Waals surface area contributed by atoms with Gasteiger partial charge in [-0.2, -0.15) is 0 Å². The Bertz CT molecular complexity index is 482. The zero-order chi connectivity index (χ0) is 15.3. The fourth-order valence-corrected chi connectivity index (χ4v) is 2.50. The number of amides is 1. The molecule has 0 aliphatic rings. The number of aliphatic carboxylic acids is 1. The predicted molar refractivity (Wildman–Crippen MR) is 83.9 cm³/mol. The molecule has 6 heteroatoms. The lowest BCUT2D eigenvalue weighted by atomic mass is 9.87. The number of benzene rings is 1. The van der Waals surface area contributed by atoms with Crippen molar-refractivity contribution >= 4 is 39.6 Å². The molecule has 2 N–H and O–H groups in total. The van der Waals surface area contributed by atoms with Gasteiger partial charge in [-0.25, -0.2) is 4.79 Å². The van der Waals surface area contributed by atoms with Crippen molar-refractivity contribution in [2.24, 2.45) is 5.41 Å². The van der Waals surface area contributed by atoms with Crippen LogP contribution < -0.4 is 5.32 Å². The van der Waals surface area contributed by atoms with Crippen LogP contribution in [0.15, 0.2) is 33.6 Å². The second-order valence-electron chi connectivity index (χ2n) is 5.45. The van der Waals surface area contributed by atoms with Crippen LogP contribution in [0, 0.1) is 5.41 Å². The van der Waals surface area contributed by atoms with Crippen molar-refractivity contribution in [3.8, 4) is 0 Å². The van der Waals surface area contributed by atoms with E-state index < -0.39 is 17.4 Å². The Balaban J connectivity index is 2.54. The number of halogens is 1. The molecule has 1 amide bonds. The summed E-state index contributed by atoms with van der Waals surface area (Å²) in [6.07, 6.45) is 0. The predicted octanol–water partition coefficient (Wildman–Crippen LogP) is 3.16. The molecule has 20 heavy (non-hydrogen) atoms. The molecule has 0 spiro atoms. The quantitative estimate of drug-likeness (QED) is 0.792. The van der Waals surface area contributed by atoms with Crippen LogP contribution in [0.3, 0.4) is 0 Å². The molecule has 0 saturated heterocycles. The summed E-state index contributed by atoms with van der Waals surface area (Å²) in [7, 11) is 0. The maximum atomic E-state index is 11.8. The first-order valence-electron chi connectivity index (χ1n) is 6.10. The molecule has 1 aromatic carbocycles. The largest absolute Gasteiger partial charge is 0.480 e. The second-order valence-corrected chi connectivity index (χ2v) is 7.41. The summed E-state index contributed by atoms with van der Waals surface area (Å²) in [6.45, 7) is 5.36. The summed E-state index contributed by atoms with van der Waals surface area (Å²) in [4.78, 5) is 24.0. The second kappa shape index (κ2) is 7.13. The van der Waals surface area contributed by atoms with Gasteiger partial charge >= 0.3 is 5.97 Å². The van der Waals surface area contributed by atoms with Gasteiger partial charge < -0.3 is 10.4 Å². The summed E-state index contributed by atoms with van der Waals surface area (Å²) >= 11 is 4.72. The molecule has 0 aliphatic carbocycles. The van der Waals surface area contributed by atoms with Crippen LogP contribution in [0.1, 0.15) is 20.8 Å². The van der Waals surface area contributed by atoms with Gasteiger partial charge in [0.25, 0.3) is 0 Å². The molecule has 0 unspecified atom stereocenters. The Hall–Kier alpha value is -1.01. The van der Waals surface area contributed by atoms with E-state index in [1.165, 1.54) is 11.8 Å². The molecule has 1 aromatic rings. The molecule has 1 atom stereocenters. The van der Waals surface area contributed by atoms with Crippen LogP contribution in [0.2, 0.25) is 0 Å². The fraction of sp³-hybridized carbons (Fsp3) is 0.429. The molecule has 0 aromatic heterocycles. The number of rotatable bonds is 5. The van der Waals surface area contributed by atoms with Crippen LogP contribution >= 0.6 is 27.7 Å². The number of thioether (sulfide) groups is 1. The molecule has 0 saturated carbocycles. The monoisotopic (exact) mass is 359 g/mol. The van der Waals surface area contributed by atoms with Crippen molar-refractivity contribution in [2.75, 3.05) is 5.75 Å². The molecule has 1 rings (SSSR count). The lowest BCUT2D eigenvalue weighted by Gasteiger charge is -2.27. The Morgan fingerprint density at radius 3 is 2.30 bits per heavy atom. The van der Waals surface area contributed by atoms with Crippen molar-refractivity contribution in [3.05, 3.63) is 28.7 Å². The van der Waals surface area contributed by atoms with Crippen LogP contribution in [0.5, 0.6) is 0 Å². The van der Waals surface area contributed by atoms with Gasteiger partial charge in [-0.15, -0.1) is 11.8 Å². The van der Waals surface area contributed by atoms with Gasteiger partial charge in [-0.3, -0.25) is 4.79 Å². The number of nitrogens with one attached hydrogen (secondary N) is 1. The van der Waals surface area contributed by atoms with Crippen molar-refractivity contribution in [3.63, 3.8) is 0 Å². The van der Waals surface area contributed by atoms with Gasteiger partial charge in [0.2, 0.25) is 5.91 Å². The standard InChI is InChI=1S/C14H18BrNO3S/c1-14(2,3)12(13(18)19)16-11(17)8-20-10-6-4-9(15)5-7-10/h4-7,12H,8H2,1-3H3,(H,16,17)(H,18,19)/t12-/m0/s1. The molecular weight excluding hydrogens is 342 g/mol. The van der Waals surface area contributed by atoms with E-state index >= 15 is 0 Å². The Labute approximate surface area is 131 Å². The average molecular weight is 360 g/mol. The van der Waals surface area contributed by atoms with Crippen molar-refractivity contribution in [1.29, 1.82) is 0 Å². The van der Waals surface area contributed by atoms with E-state index in [9.17, 15) is 9.59 Å². The number of carbonyl (C=O) groups excluding carboxylic acids is 1. The van der Waals surface area contributed by atoms with Crippen LogP contribution in [-0.2, 0) is 9.59 Å². The zero-order valence-electron chi connectivity index (χ0n) is 11.6. The van der Waals surface area contributed by atoms with Gasteiger partial charge in [-0.05, 0) is 29.7 Å². The highest BCUT2D eigenvalue weighted by atomic mass is 79.9. The first kappa shape index (κ1) is 17.0. The van der Waals surface area contributed by atoms with E-state index in [0.29, 0.717) is 0 Å². The summed E-state index contributed by atoms with van der Waals surface area (Å²) in [5.41, 5.74) is -0.524. The summed E-state index contributed by atoms with van der Waals surface area (Å²) in [5.74, 6) is -1.10. The normalized spacial score (nSPS) is 12.8. The van der Waals surface area contributed by atoms with Crippen LogP contribution in [0.4, 0.5) is 0 Å². The minimum atomic E-state index is -1.01. The van der Waals surface area contributed by atoms with Gasteiger partial charge in [-0.1, -0.05) is 36.7 Å². The van der Waals surface area contributed by atoms with E-state index in [2.05, 4.69) is 21.2 Å². The average Bonchev–Trinajstić information content (AvgIpc) is 2.33. The molecule has 110 valence electrons. The van der Waals surface area contributed by atoms with Crippen molar-refractivity contribution < 1.29 is 14.7 Å². The van der Waals surface area contributed by atoms with Gasteiger partial charge in [0, 0.05) is 9.37 Å². The van der Waals surface area contributed by atoms with E-state index in [4.69, 9.17) is 5.11 Å². The highest BCUT2D eigenvalue weighted by Crippen LogP contribution is 2.22. The molecular formula is C14H18BrNO3S. The third-order valence-corrected chi connectivity index (χ3v) is 4.14. The summed E-state index contributed by atoms with van der Waals surface area (Å²) in [5, 5.41) is 11.7. The Morgan fingerprint density at radius 2 is 1.85 bits per heavy atom. The molecule has 0 aliphatic heterocycles. The number of hydrogen-bond donors (Lipinski definition) is 2. The topological polar surface area (TPSA) is 66.4 Å². The van der Waals surface area contributed by atoms with E-state index in [1.54, 1.807) is 20.8 Å². The highest BCUT2D eigenvalue weighted by molar-refractivity contribution is 9.10. The van der Waals surface area contributed by atoms with Crippen LogP contribution in [-0.4, -0.2) is 28.8 Å². The van der Waals surface area contributed by atoms with E-state index in [-0.39, 0.29) is 11.7 Å². The minimum Gasteiger partial charge on any atom is -0.480 e. The molecule has 0 bridgehead atoms. The lowest BCUT2D eigenvalue weighted by molar-refractivity contribution is -0.144. The molecule has 0 heterocycles. The maximum absolute atomic E-state index is 11.8. The van der Waals surface area contributed by atoms with Gasteiger partial charge in [0.05, 0.1) is 5.75 Å².